The second kappa shape index (κ2) is 8.08. The molecule has 2 aromatic heterocycles. The Morgan fingerprint density at radius 2 is 0.958 bits per heavy atom. The summed E-state index contributed by atoms with van der Waals surface area (Å²) >= 11 is 6.77. The molecule has 2 aromatic carbocycles. The molecule has 0 saturated carbocycles. The molecular weight excluding hydrogens is 432 g/mol. The lowest BCUT2D eigenvalue weighted by molar-refractivity contribution is 1.31. The van der Waals surface area contributed by atoms with E-state index in [9.17, 15) is 0 Å². The Balaban J connectivity index is 0.000000141. The Kier molecular flexibility index (Phi) is 5.61. The van der Waals surface area contributed by atoms with E-state index in [2.05, 4.69) is 51.8 Å². The second-order valence-electron chi connectivity index (χ2n) is 4.94. The largest absolute Gasteiger partial charge is 0.345 e. The smallest absolute Gasteiger partial charge is 0.0924 e. The van der Waals surface area contributed by atoms with Crippen molar-refractivity contribution in [3.63, 3.8) is 0 Å². The fourth-order valence-corrected chi connectivity index (χ4v) is 2.62. The molecule has 0 unspecified atom stereocenters. The fraction of sp³-hybridized carbons (Fsp3) is 0. The molecule has 4 aromatic rings. The number of hydrogen-bond donors (Lipinski definition) is 2. The summed E-state index contributed by atoms with van der Waals surface area (Å²) in [4.78, 5) is 14.0. The third-order valence-electron chi connectivity index (χ3n) is 3.31. The second-order valence-corrected chi connectivity index (χ2v) is 6.78. The normalized spacial score (nSPS) is 10.1. The van der Waals surface area contributed by atoms with Gasteiger partial charge in [-0.15, -0.1) is 0 Å². The number of nitrogens with zero attached hydrogens (tertiary/aromatic N) is 2. The molecule has 0 fully saturated rings. The standard InChI is InChI=1S/2C9H7BrN2/c2*10-8-3-1-7(2-4-8)9-5-11-6-12-9/h2*1-6H,(H,11,12). The van der Waals surface area contributed by atoms with Gasteiger partial charge in [-0.2, -0.15) is 0 Å². The van der Waals surface area contributed by atoms with Crippen molar-refractivity contribution in [3.8, 4) is 22.5 Å². The van der Waals surface area contributed by atoms with Crippen LogP contribution in [0.15, 0.2) is 82.5 Å². The van der Waals surface area contributed by atoms with Gasteiger partial charge in [-0.1, -0.05) is 56.1 Å². The molecule has 0 saturated heterocycles. The van der Waals surface area contributed by atoms with E-state index in [1.807, 2.05) is 60.9 Å². The topological polar surface area (TPSA) is 57.4 Å². The third kappa shape index (κ3) is 4.43. The maximum Gasteiger partial charge on any atom is 0.0924 e. The monoisotopic (exact) mass is 444 g/mol. The zero-order valence-electron chi connectivity index (χ0n) is 12.6. The minimum absolute atomic E-state index is 1.04. The van der Waals surface area contributed by atoms with Crippen molar-refractivity contribution in [2.45, 2.75) is 0 Å². The number of benzene rings is 2. The number of aromatic amines is 2. The molecule has 2 heterocycles. The fourth-order valence-electron chi connectivity index (χ4n) is 2.09. The first kappa shape index (κ1) is 16.7. The van der Waals surface area contributed by atoms with Crippen molar-refractivity contribution in [1.29, 1.82) is 0 Å². The summed E-state index contributed by atoms with van der Waals surface area (Å²) in [5.74, 6) is 0. The molecule has 0 aliphatic heterocycles. The first-order valence-corrected chi connectivity index (χ1v) is 8.79. The van der Waals surface area contributed by atoms with Crippen LogP contribution < -0.4 is 0 Å². The zero-order chi connectivity index (χ0) is 16.8. The molecule has 0 radical (unpaired) electrons. The van der Waals surface area contributed by atoms with Crippen molar-refractivity contribution in [2.75, 3.05) is 0 Å². The van der Waals surface area contributed by atoms with Crippen LogP contribution in [0.5, 0.6) is 0 Å². The predicted molar refractivity (Wildman–Crippen MR) is 103 cm³/mol. The molecule has 0 aliphatic carbocycles. The molecule has 120 valence electrons. The van der Waals surface area contributed by atoms with Crippen molar-refractivity contribution < 1.29 is 0 Å². The molecule has 6 heteroatoms. The summed E-state index contributed by atoms with van der Waals surface area (Å²) in [7, 11) is 0. The highest BCUT2D eigenvalue weighted by Crippen LogP contribution is 2.19. The molecule has 0 aliphatic rings. The van der Waals surface area contributed by atoms with Crippen LogP contribution in [0.4, 0.5) is 0 Å². The Morgan fingerprint density at radius 3 is 1.25 bits per heavy atom. The Morgan fingerprint density at radius 1 is 0.583 bits per heavy atom. The minimum Gasteiger partial charge on any atom is -0.345 e. The first-order chi connectivity index (χ1) is 11.7. The van der Waals surface area contributed by atoms with Gasteiger partial charge in [-0.3, -0.25) is 0 Å². The van der Waals surface area contributed by atoms with Crippen LogP contribution in [-0.4, -0.2) is 19.9 Å². The van der Waals surface area contributed by atoms with E-state index in [0.717, 1.165) is 31.5 Å². The van der Waals surface area contributed by atoms with E-state index in [1.165, 1.54) is 0 Å². The van der Waals surface area contributed by atoms with Gasteiger partial charge in [0, 0.05) is 8.95 Å². The van der Waals surface area contributed by atoms with Crippen LogP contribution in [-0.2, 0) is 0 Å². The van der Waals surface area contributed by atoms with E-state index in [0.29, 0.717) is 0 Å². The number of halogens is 2. The van der Waals surface area contributed by atoms with Crippen LogP contribution in [0.2, 0.25) is 0 Å². The number of aromatic nitrogens is 4. The lowest BCUT2D eigenvalue weighted by Crippen LogP contribution is -1.75. The molecule has 4 nitrogen and oxygen atoms in total. The molecule has 2 N–H and O–H groups in total. The molecule has 24 heavy (non-hydrogen) atoms. The lowest BCUT2D eigenvalue weighted by Gasteiger charge is -1.95. The van der Waals surface area contributed by atoms with E-state index in [1.54, 1.807) is 12.7 Å². The maximum atomic E-state index is 3.95. The third-order valence-corrected chi connectivity index (χ3v) is 4.36. The quantitative estimate of drug-likeness (QED) is 0.417. The van der Waals surface area contributed by atoms with Crippen LogP contribution in [0, 0.1) is 0 Å². The Hall–Kier alpha value is -2.18. The van der Waals surface area contributed by atoms with Crippen LogP contribution in [0.25, 0.3) is 22.5 Å². The van der Waals surface area contributed by atoms with Crippen molar-refractivity contribution in [2.24, 2.45) is 0 Å². The van der Waals surface area contributed by atoms with Gasteiger partial charge in [0.15, 0.2) is 0 Å². The van der Waals surface area contributed by atoms with Gasteiger partial charge in [0.2, 0.25) is 0 Å². The molecule has 0 bridgehead atoms. The van der Waals surface area contributed by atoms with Crippen molar-refractivity contribution in [3.05, 3.63) is 82.5 Å². The van der Waals surface area contributed by atoms with Crippen LogP contribution in [0.3, 0.4) is 0 Å². The first-order valence-electron chi connectivity index (χ1n) is 7.21. The summed E-state index contributed by atoms with van der Waals surface area (Å²) in [6.07, 6.45) is 6.97. The van der Waals surface area contributed by atoms with Gasteiger partial charge in [-0.25, -0.2) is 9.97 Å². The molecule has 0 spiro atoms. The Bertz CT molecular complexity index is 777. The highest BCUT2D eigenvalue weighted by Gasteiger charge is 1.97. The SMILES string of the molecule is Brc1ccc(-c2cnc[nH]2)cc1.Brc1ccc(-c2cnc[nH]2)cc1. The van der Waals surface area contributed by atoms with Crippen LogP contribution in [0.1, 0.15) is 0 Å². The van der Waals surface area contributed by atoms with Gasteiger partial charge >= 0.3 is 0 Å². The zero-order valence-corrected chi connectivity index (χ0v) is 15.8. The number of H-pyrrole nitrogens is 2. The van der Waals surface area contributed by atoms with Gasteiger partial charge in [0.1, 0.15) is 0 Å². The number of imidazole rings is 2. The van der Waals surface area contributed by atoms with Crippen molar-refractivity contribution in [1.82, 2.24) is 19.9 Å². The highest BCUT2D eigenvalue weighted by atomic mass is 79.9. The van der Waals surface area contributed by atoms with E-state index < -0.39 is 0 Å². The highest BCUT2D eigenvalue weighted by molar-refractivity contribution is 9.10. The number of nitrogens with one attached hydrogen (secondary N) is 2. The average Bonchev–Trinajstić information content (AvgIpc) is 3.31. The summed E-state index contributed by atoms with van der Waals surface area (Å²) in [6.45, 7) is 0. The lowest BCUT2D eigenvalue weighted by atomic mass is 10.2. The predicted octanol–water partition coefficient (Wildman–Crippen LogP) is 5.68. The summed E-state index contributed by atoms with van der Waals surface area (Å²) < 4.78 is 2.18. The van der Waals surface area contributed by atoms with Gasteiger partial charge in [-0.05, 0) is 35.4 Å². The van der Waals surface area contributed by atoms with E-state index in [-0.39, 0.29) is 0 Å². The summed E-state index contributed by atoms with van der Waals surface area (Å²) in [5, 5.41) is 0. The summed E-state index contributed by atoms with van der Waals surface area (Å²) in [6, 6.07) is 16.2. The van der Waals surface area contributed by atoms with Gasteiger partial charge in [0.25, 0.3) is 0 Å². The van der Waals surface area contributed by atoms with E-state index >= 15 is 0 Å². The minimum atomic E-state index is 1.04. The molecule has 0 atom stereocenters. The van der Waals surface area contributed by atoms with Gasteiger partial charge in [0.05, 0.1) is 36.4 Å². The number of hydrogen-bond acceptors (Lipinski definition) is 2. The molecular formula is C18H14Br2N4. The van der Waals surface area contributed by atoms with Crippen molar-refractivity contribution >= 4 is 31.9 Å². The summed E-state index contributed by atoms with van der Waals surface area (Å²) in [5.41, 5.74) is 4.39. The van der Waals surface area contributed by atoms with Crippen LogP contribution >= 0.6 is 31.9 Å². The molecule has 0 amide bonds. The Labute approximate surface area is 156 Å². The average molecular weight is 446 g/mol. The van der Waals surface area contributed by atoms with Gasteiger partial charge < -0.3 is 9.97 Å². The van der Waals surface area contributed by atoms with E-state index in [4.69, 9.17) is 0 Å². The molecule has 4 rings (SSSR count). The number of rotatable bonds is 2. The maximum absolute atomic E-state index is 3.95.